The lowest BCUT2D eigenvalue weighted by atomic mass is 10.1. The summed E-state index contributed by atoms with van der Waals surface area (Å²) in [5.41, 5.74) is 0.635. The Bertz CT molecular complexity index is 819. The summed E-state index contributed by atoms with van der Waals surface area (Å²) in [6.45, 7) is 1.79. The van der Waals surface area contributed by atoms with E-state index in [-0.39, 0.29) is 31.4 Å². The molecule has 0 spiro atoms. The third-order valence-electron chi connectivity index (χ3n) is 4.04. The molecule has 1 aromatic heterocycles. The quantitative estimate of drug-likeness (QED) is 0.713. The van der Waals surface area contributed by atoms with Crippen LogP contribution in [0, 0.1) is 12.8 Å². The third-order valence-corrected chi connectivity index (χ3v) is 4.04. The minimum Gasteiger partial charge on any atom is -0.493 e. The van der Waals surface area contributed by atoms with Crippen LogP contribution in [0.25, 0.3) is 0 Å². The van der Waals surface area contributed by atoms with Crippen LogP contribution in [0.2, 0.25) is 0 Å². The number of carbonyl (C=O) groups excluding carboxylic acids is 2. The maximum absolute atomic E-state index is 12.3. The van der Waals surface area contributed by atoms with Gasteiger partial charge in [0.25, 0.3) is 5.89 Å². The van der Waals surface area contributed by atoms with Gasteiger partial charge in [0.1, 0.15) is 0 Å². The molecule has 1 aliphatic heterocycles. The lowest BCUT2D eigenvalue weighted by molar-refractivity contribution is -0.150. The fourth-order valence-electron chi connectivity index (χ4n) is 2.76. The van der Waals surface area contributed by atoms with Gasteiger partial charge in [-0.25, -0.2) is 0 Å². The Morgan fingerprint density at radius 3 is 2.73 bits per heavy atom. The van der Waals surface area contributed by atoms with Gasteiger partial charge in [-0.15, -0.1) is 0 Å². The predicted molar refractivity (Wildman–Crippen MR) is 88.8 cm³/mol. The van der Waals surface area contributed by atoms with Crippen LogP contribution in [0.15, 0.2) is 22.7 Å². The zero-order valence-electron chi connectivity index (χ0n) is 14.7. The van der Waals surface area contributed by atoms with E-state index in [0.29, 0.717) is 23.0 Å². The first kappa shape index (κ1) is 17.7. The Morgan fingerprint density at radius 1 is 1.31 bits per heavy atom. The van der Waals surface area contributed by atoms with Gasteiger partial charge in [0.05, 0.1) is 20.1 Å². The number of methoxy groups -OCH3 is 2. The highest BCUT2D eigenvalue weighted by Gasteiger charge is 2.36. The predicted octanol–water partition coefficient (Wildman–Crippen LogP) is 1.49. The molecule has 1 aliphatic rings. The van der Waals surface area contributed by atoms with Crippen molar-refractivity contribution >= 4 is 17.6 Å². The zero-order valence-corrected chi connectivity index (χ0v) is 14.7. The smallest absolute Gasteiger partial charge is 0.311 e. The Morgan fingerprint density at radius 2 is 2.08 bits per heavy atom. The van der Waals surface area contributed by atoms with Crippen molar-refractivity contribution < 1.29 is 28.3 Å². The average Bonchev–Trinajstić information content (AvgIpc) is 3.24. The number of benzene rings is 1. The molecule has 1 atom stereocenters. The molecule has 1 amide bonds. The van der Waals surface area contributed by atoms with Crippen LogP contribution >= 0.6 is 0 Å². The lowest BCUT2D eigenvalue weighted by Gasteiger charge is -2.18. The maximum atomic E-state index is 12.3. The van der Waals surface area contributed by atoms with Crippen LogP contribution in [0.5, 0.6) is 11.5 Å². The number of hydrogen-bond acceptors (Lipinski definition) is 8. The molecule has 0 N–H and O–H groups in total. The van der Waals surface area contributed by atoms with Gasteiger partial charge in [-0.3, -0.25) is 9.59 Å². The van der Waals surface area contributed by atoms with Gasteiger partial charge in [0.2, 0.25) is 5.91 Å². The van der Waals surface area contributed by atoms with Crippen LogP contribution in [0.4, 0.5) is 5.69 Å². The molecule has 0 radical (unpaired) electrons. The molecule has 1 unspecified atom stereocenters. The number of aromatic nitrogens is 2. The summed E-state index contributed by atoms with van der Waals surface area (Å²) >= 11 is 0. The third kappa shape index (κ3) is 3.61. The van der Waals surface area contributed by atoms with Gasteiger partial charge >= 0.3 is 5.97 Å². The number of hydrogen-bond donors (Lipinski definition) is 0. The van der Waals surface area contributed by atoms with Gasteiger partial charge < -0.3 is 23.6 Å². The molecule has 138 valence electrons. The van der Waals surface area contributed by atoms with Crippen LogP contribution in [-0.2, 0) is 20.9 Å². The summed E-state index contributed by atoms with van der Waals surface area (Å²) < 4.78 is 20.5. The van der Waals surface area contributed by atoms with Crippen molar-refractivity contribution in [3.63, 3.8) is 0 Å². The molecule has 1 fully saturated rings. The van der Waals surface area contributed by atoms with E-state index in [1.54, 1.807) is 25.1 Å². The molecule has 0 aliphatic carbocycles. The van der Waals surface area contributed by atoms with Crippen molar-refractivity contribution in [3.05, 3.63) is 29.9 Å². The molecular weight excluding hydrogens is 342 g/mol. The second kappa shape index (κ2) is 7.42. The number of aryl methyl sites for hydroxylation is 1. The molecule has 2 aromatic rings. The van der Waals surface area contributed by atoms with Gasteiger partial charge in [-0.2, -0.15) is 4.98 Å². The molecule has 3 rings (SSSR count). The Kier molecular flexibility index (Phi) is 5.06. The second-order valence-electron chi connectivity index (χ2n) is 5.79. The topological polar surface area (TPSA) is 104 Å². The van der Waals surface area contributed by atoms with Crippen molar-refractivity contribution in [2.75, 3.05) is 25.7 Å². The average molecular weight is 361 g/mol. The first-order chi connectivity index (χ1) is 12.5. The fourth-order valence-corrected chi connectivity index (χ4v) is 2.76. The van der Waals surface area contributed by atoms with Gasteiger partial charge in [0.15, 0.2) is 23.9 Å². The molecule has 0 saturated carbocycles. The summed E-state index contributed by atoms with van der Waals surface area (Å²) in [7, 11) is 3.06. The number of rotatable bonds is 6. The number of anilines is 1. The van der Waals surface area contributed by atoms with Crippen molar-refractivity contribution in [3.8, 4) is 11.5 Å². The van der Waals surface area contributed by atoms with Crippen molar-refractivity contribution in [2.45, 2.75) is 20.0 Å². The minimum absolute atomic E-state index is 0.0794. The SMILES string of the molecule is COc1ccc(N2CC(C(=O)OCc3nc(C)no3)CC2=O)cc1OC. The summed E-state index contributed by atoms with van der Waals surface area (Å²) in [4.78, 5) is 30.1. The number of esters is 1. The minimum atomic E-state index is -0.556. The summed E-state index contributed by atoms with van der Waals surface area (Å²) in [5.74, 6) is 0.567. The van der Waals surface area contributed by atoms with E-state index < -0.39 is 11.9 Å². The van der Waals surface area contributed by atoms with Gasteiger partial charge in [-0.05, 0) is 19.1 Å². The van der Waals surface area contributed by atoms with E-state index in [1.807, 2.05) is 0 Å². The summed E-state index contributed by atoms with van der Waals surface area (Å²) in [5, 5.41) is 3.62. The molecule has 1 saturated heterocycles. The second-order valence-corrected chi connectivity index (χ2v) is 5.79. The van der Waals surface area contributed by atoms with E-state index >= 15 is 0 Å². The lowest BCUT2D eigenvalue weighted by Crippen LogP contribution is -2.26. The van der Waals surface area contributed by atoms with Crippen molar-refractivity contribution in [1.29, 1.82) is 0 Å². The normalized spacial score (nSPS) is 16.7. The molecule has 0 bridgehead atoms. The highest BCUT2D eigenvalue weighted by molar-refractivity contribution is 5.99. The summed E-state index contributed by atoms with van der Waals surface area (Å²) in [6, 6.07) is 5.16. The van der Waals surface area contributed by atoms with E-state index in [2.05, 4.69) is 10.1 Å². The fraction of sp³-hybridized carbons (Fsp3) is 0.412. The Labute approximate surface area is 149 Å². The standard InChI is InChI=1S/C17H19N3O6/c1-10-18-15(26-19-10)9-25-17(22)11-6-16(21)20(8-11)12-4-5-13(23-2)14(7-12)24-3/h4-5,7,11H,6,8-9H2,1-3H3. The monoisotopic (exact) mass is 361 g/mol. The first-order valence-corrected chi connectivity index (χ1v) is 8.00. The van der Waals surface area contributed by atoms with Crippen LogP contribution < -0.4 is 14.4 Å². The van der Waals surface area contributed by atoms with Gasteiger partial charge in [-0.1, -0.05) is 5.16 Å². The number of nitrogens with zero attached hydrogens (tertiary/aromatic N) is 3. The summed E-state index contributed by atoms with van der Waals surface area (Å²) in [6.07, 6.45) is 0.0794. The molecule has 26 heavy (non-hydrogen) atoms. The highest BCUT2D eigenvalue weighted by atomic mass is 16.6. The highest BCUT2D eigenvalue weighted by Crippen LogP contribution is 2.34. The molecular formula is C17H19N3O6. The zero-order chi connectivity index (χ0) is 18.7. The first-order valence-electron chi connectivity index (χ1n) is 8.00. The number of ether oxygens (including phenoxy) is 3. The molecule has 1 aromatic carbocycles. The molecule has 9 heteroatoms. The van der Waals surface area contributed by atoms with E-state index in [0.717, 1.165) is 0 Å². The van der Waals surface area contributed by atoms with E-state index in [1.165, 1.54) is 19.1 Å². The van der Waals surface area contributed by atoms with Crippen LogP contribution in [-0.4, -0.2) is 42.8 Å². The van der Waals surface area contributed by atoms with Gasteiger partial charge in [0, 0.05) is 24.7 Å². The van der Waals surface area contributed by atoms with Crippen LogP contribution in [0.1, 0.15) is 18.1 Å². The maximum Gasteiger partial charge on any atom is 0.311 e. The molecule has 2 heterocycles. The molecule has 9 nitrogen and oxygen atoms in total. The largest absolute Gasteiger partial charge is 0.493 e. The van der Waals surface area contributed by atoms with Crippen LogP contribution in [0.3, 0.4) is 0 Å². The van der Waals surface area contributed by atoms with Crippen molar-refractivity contribution in [1.82, 2.24) is 10.1 Å². The Hall–Kier alpha value is -3.10. The van der Waals surface area contributed by atoms with Crippen molar-refractivity contribution in [2.24, 2.45) is 5.92 Å². The van der Waals surface area contributed by atoms with E-state index in [4.69, 9.17) is 18.7 Å². The Balaban J connectivity index is 1.65. The number of amides is 1. The van der Waals surface area contributed by atoms with E-state index in [9.17, 15) is 9.59 Å². The number of carbonyl (C=O) groups is 2.